The highest BCUT2D eigenvalue weighted by molar-refractivity contribution is 5.99. The number of nitrogens with one attached hydrogen (secondary N) is 2. The summed E-state index contributed by atoms with van der Waals surface area (Å²) in [6.07, 6.45) is 1.09. The van der Waals surface area contributed by atoms with Crippen LogP contribution < -0.4 is 10.7 Å². The Hall–Kier alpha value is -2.29. The first-order valence-electron chi connectivity index (χ1n) is 6.61. The molecule has 0 aliphatic carbocycles. The number of hydrogen-bond acceptors (Lipinski definition) is 3. The van der Waals surface area contributed by atoms with Crippen molar-refractivity contribution < 1.29 is 0 Å². The van der Waals surface area contributed by atoms with Crippen LogP contribution in [0.4, 0.5) is 0 Å². The summed E-state index contributed by atoms with van der Waals surface area (Å²) in [4.78, 5) is 0. The molecule has 3 heteroatoms. The van der Waals surface area contributed by atoms with E-state index >= 15 is 0 Å². The Kier molecular flexibility index (Phi) is 3.19. The van der Waals surface area contributed by atoms with Crippen molar-refractivity contribution in [2.75, 3.05) is 0 Å². The number of benzene rings is 2. The first kappa shape index (κ1) is 11.8. The van der Waals surface area contributed by atoms with Crippen LogP contribution in [0.25, 0.3) is 0 Å². The van der Waals surface area contributed by atoms with Gasteiger partial charge in [-0.05, 0) is 17.5 Å². The molecular weight excluding hydrogens is 234 g/mol. The van der Waals surface area contributed by atoms with Gasteiger partial charge < -0.3 is 5.32 Å². The van der Waals surface area contributed by atoms with Crippen molar-refractivity contribution in [2.24, 2.45) is 5.10 Å². The van der Waals surface area contributed by atoms with Crippen molar-refractivity contribution in [2.45, 2.75) is 19.5 Å². The quantitative estimate of drug-likeness (QED) is 0.880. The third-order valence-corrected chi connectivity index (χ3v) is 3.38. The van der Waals surface area contributed by atoms with Crippen LogP contribution in [0.5, 0.6) is 0 Å². The van der Waals surface area contributed by atoms with E-state index in [-0.39, 0.29) is 6.17 Å². The lowest BCUT2D eigenvalue weighted by atomic mass is 10.0. The summed E-state index contributed by atoms with van der Waals surface area (Å²) in [6, 6.07) is 18.6. The number of rotatable bonds is 3. The largest absolute Gasteiger partial charge is 0.343 e. The van der Waals surface area contributed by atoms with Gasteiger partial charge >= 0.3 is 0 Å². The zero-order valence-corrected chi connectivity index (χ0v) is 10.9. The van der Waals surface area contributed by atoms with E-state index in [4.69, 9.17) is 0 Å². The Morgan fingerprint density at radius 2 is 1.74 bits per heavy atom. The van der Waals surface area contributed by atoms with Crippen LogP contribution in [0.3, 0.4) is 0 Å². The normalized spacial score (nSPS) is 17.5. The SMILES string of the molecule is CCc1ccccc1C1NN=C(c2ccccc2)N1. The Bertz CT molecular complexity index is 590. The van der Waals surface area contributed by atoms with E-state index in [1.165, 1.54) is 11.1 Å². The average molecular weight is 251 g/mol. The predicted octanol–water partition coefficient (Wildman–Crippen LogP) is 2.80. The lowest BCUT2D eigenvalue weighted by Crippen LogP contribution is -2.28. The second-order valence-electron chi connectivity index (χ2n) is 4.59. The first-order chi connectivity index (χ1) is 9.38. The smallest absolute Gasteiger partial charge is 0.155 e. The summed E-state index contributed by atoms with van der Waals surface area (Å²) < 4.78 is 0. The average Bonchev–Trinajstić information content (AvgIpc) is 2.98. The van der Waals surface area contributed by atoms with E-state index in [0.717, 1.165) is 17.8 Å². The van der Waals surface area contributed by atoms with Crippen molar-refractivity contribution in [3.05, 3.63) is 71.3 Å². The first-order valence-corrected chi connectivity index (χ1v) is 6.61. The predicted molar refractivity (Wildman–Crippen MR) is 77.8 cm³/mol. The highest BCUT2D eigenvalue weighted by Crippen LogP contribution is 2.20. The maximum Gasteiger partial charge on any atom is 0.155 e. The molecule has 3 rings (SSSR count). The van der Waals surface area contributed by atoms with Crippen molar-refractivity contribution in [1.29, 1.82) is 0 Å². The molecular formula is C16H17N3. The van der Waals surface area contributed by atoms with Crippen LogP contribution in [0, 0.1) is 0 Å². The third-order valence-electron chi connectivity index (χ3n) is 3.38. The van der Waals surface area contributed by atoms with Crippen LogP contribution >= 0.6 is 0 Å². The number of aryl methyl sites for hydroxylation is 1. The van der Waals surface area contributed by atoms with Gasteiger partial charge in [-0.3, -0.25) is 5.43 Å². The molecule has 2 N–H and O–H groups in total. The molecule has 3 nitrogen and oxygen atoms in total. The summed E-state index contributed by atoms with van der Waals surface area (Å²) in [5.41, 5.74) is 6.88. The van der Waals surface area contributed by atoms with Gasteiger partial charge in [-0.2, -0.15) is 5.10 Å². The topological polar surface area (TPSA) is 36.4 Å². The van der Waals surface area contributed by atoms with Crippen LogP contribution in [0.1, 0.15) is 29.8 Å². The van der Waals surface area contributed by atoms with Gasteiger partial charge in [0, 0.05) is 5.56 Å². The van der Waals surface area contributed by atoms with Crippen LogP contribution in [0.15, 0.2) is 59.7 Å². The maximum absolute atomic E-state index is 4.39. The monoisotopic (exact) mass is 251 g/mol. The molecule has 0 fully saturated rings. The van der Waals surface area contributed by atoms with Crippen LogP contribution in [-0.2, 0) is 6.42 Å². The zero-order valence-electron chi connectivity index (χ0n) is 10.9. The molecule has 2 aromatic rings. The number of nitrogens with zero attached hydrogens (tertiary/aromatic N) is 1. The highest BCUT2D eigenvalue weighted by Gasteiger charge is 2.21. The number of hydrazone groups is 1. The number of hydrogen-bond donors (Lipinski definition) is 2. The molecule has 96 valence electrons. The summed E-state index contributed by atoms with van der Waals surface area (Å²) in [5, 5.41) is 7.83. The molecule has 0 radical (unpaired) electrons. The van der Waals surface area contributed by atoms with Crippen LogP contribution in [0.2, 0.25) is 0 Å². The third kappa shape index (κ3) is 2.32. The standard InChI is InChI=1S/C16H17N3/c1-2-12-8-6-7-11-14(12)16-17-15(18-19-16)13-9-4-3-5-10-13/h3-11,16,19H,2H2,1H3,(H,17,18). The molecule has 0 spiro atoms. The summed E-state index contributed by atoms with van der Waals surface area (Å²) in [6.45, 7) is 2.17. The Balaban J connectivity index is 1.81. The van der Waals surface area contributed by atoms with E-state index in [2.05, 4.69) is 59.2 Å². The molecule has 1 unspecified atom stereocenters. The molecule has 0 saturated carbocycles. The van der Waals surface area contributed by atoms with Gasteiger partial charge in [-0.25, -0.2) is 0 Å². The second-order valence-corrected chi connectivity index (χ2v) is 4.59. The molecule has 0 aromatic heterocycles. The minimum atomic E-state index is 0.0614. The van der Waals surface area contributed by atoms with E-state index in [0.29, 0.717) is 0 Å². The van der Waals surface area contributed by atoms with Crippen LogP contribution in [-0.4, -0.2) is 5.84 Å². The number of amidine groups is 1. The molecule has 0 saturated heterocycles. The lowest BCUT2D eigenvalue weighted by Gasteiger charge is -2.16. The summed E-state index contributed by atoms with van der Waals surface area (Å²) in [5.74, 6) is 0.900. The molecule has 0 bridgehead atoms. The molecule has 19 heavy (non-hydrogen) atoms. The summed E-state index contributed by atoms with van der Waals surface area (Å²) in [7, 11) is 0. The maximum atomic E-state index is 4.39. The highest BCUT2D eigenvalue weighted by atomic mass is 15.4. The van der Waals surface area contributed by atoms with Crippen molar-refractivity contribution in [1.82, 2.24) is 10.7 Å². The Morgan fingerprint density at radius 1 is 1.00 bits per heavy atom. The molecule has 1 heterocycles. The fourth-order valence-electron chi connectivity index (χ4n) is 2.36. The van der Waals surface area contributed by atoms with Crippen molar-refractivity contribution >= 4 is 5.84 Å². The van der Waals surface area contributed by atoms with Gasteiger partial charge in [-0.15, -0.1) is 0 Å². The Morgan fingerprint density at radius 3 is 2.53 bits per heavy atom. The van der Waals surface area contributed by atoms with Gasteiger partial charge in [0.2, 0.25) is 0 Å². The van der Waals surface area contributed by atoms with Crippen molar-refractivity contribution in [3.63, 3.8) is 0 Å². The zero-order chi connectivity index (χ0) is 13.1. The van der Waals surface area contributed by atoms with Gasteiger partial charge in [0.25, 0.3) is 0 Å². The fraction of sp³-hybridized carbons (Fsp3) is 0.188. The van der Waals surface area contributed by atoms with Gasteiger partial charge in [0.1, 0.15) is 6.17 Å². The van der Waals surface area contributed by atoms with Gasteiger partial charge in [0.15, 0.2) is 5.84 Å². The lowest BCUT2D eigenvalue weighted by molar-refractivity contribution is 0.569. The summed E-state index contributed by atoms with van der Waals surface area (Å²) >= 11 is 0. The molecule has 2 aromatic carbocycles. The fourth-order valence-corrected chi connectivity index (χ4v) is 2.36. The minimum absolute atomic E-state index is 0.0614. The molecule has 1 aliphatic rings. The molecule has 1 atom stereocenters. The van der Waals surface area contributed by atoms with Gasteiger partial charge in [0.05, 0.1) is 0 Å². The van der Waals surface area contributed by atoms with E-state index in [1.807, 2.05) is 18.2 Å². The second kappa shape index (κ2) is 5.14. The Labute approximate surface area is 113 Å². The van der Waals surface area contributed by atoms with E-state index in [1.54, 1.807) is 0 Å². The molecule has 1 aliphatic heterocycles. The van der Waals surface area contributed by atoms with Gasteiger partial charge in [-0.1, -0.05) is 61.5 Å². The van der Waals surface area contributed by atoms with E-state index < -0.39 is 0 Å². The van der Waals surface area contributed by atoms with E-state index in [9.17, 15) is 0 Å². The van der Waals surface area contributed by atoms with Crippen molar-refractivity contribution in [3.8, 4) is 0 Å². The minimum Gasteiger partial charge on any atom is -0.343 e. The molecule has 0 amide bonds.